The summed E-state index contributed by atoms with van der Waals surface area (Å²) in [4.78, 5) is 28.9. The first kappa shape index (κ1) is 15.6. The molecule has 1 aromatic heterocycles. The van der Waals surface area contributed by atoms with E-state index in [2.05, 4.69) is 10.3 Å². The largest absolute Gasteiger partial charge is 0.494 e. The Morgan fingerprint density at radius 1 is 1.28 bits per heavy atom. The minimum absolute atomic E-state index is 0.349. The first-order valence-corrected chi connectivity index (χ1v) is 8.50. The zero-order valence-corrected chi connectivity index (χ0v) is 14.1. The van der Waals surface area contributed by atoms with E-state index in [1.165, 1.54) is 11.3 Å². The van der Waals surface area contributed by atoms with Crippen LogP contribution in [0.5, 0.6) is 5.75 Å². The number of benzene rings is 2. The Bertz CT molecular complexity index is 982. The Hall–Kier alpha value is -2.93. The van der Waals surface area contributed by atoms with Gasteiger partial charge in [-0.25, -0.2) is 9.78 Å². The number of carbonyl (C=O) groups excluding carboxylic acids is 2. The molecule has 2 aromatic carbocycles. The maximum Gasteiger partial charge on any atom is 0.339 e. The Morgan fingerprint density at radius 3 is 2.96 bits per heavy atom. The molecule has 126 valence electrons. The van der Waals surface area contributed by atoms with Crippen LogP contribution in [0.4, 0.5) is 5.13 Å². The third-order valence-electron chi connectivity index (χ3n) is 4.02. The highest BCUT2D eigenvalue weighted by Gasteiger charge is 2.31. The van der Waals surface area contributed by atoms with Crippen molar-refractivity contribution in [1.82, 2.24) is 4.98 Å². The molecule has 1 atom stereocenters. The quantitative estimate of drug-likeness (QED) is 0.732. The molecule has 0 aliphatic carbocycles. The number of nitrogens with zero attached hydrogens (tertiary/aromatic N) is 1. The molecule has 2 heterocycles. The standard InChI is InChI=1S/C18H14N2O4S/c1-23-12-7-4-8-14-15(12)19-18(25-14)20-16(21)13-9-10-5-2-3-6-11(10)17(22)24-13/h2-8,13H,9H2,1H3,(H,19,20,21). The smallest absolute Gasteiger partial charge is 0.339 e. The van der Waals surface area contributed by atoms with Crippen molar-refractivity contribution in [3.8, 4) is 5.75 Å². The number of amides is 1. The fourth-order valence-electron chi connectivity index (χ4n) is 2.81. The number of fused-ring (bicyclic) bond motifs is 2. The molecule has 25 heavy (non-hydrogen) atoms. The second kappa shape index (κ2) is 6.18. The molecule has 1 N–H and O–H groups in total. The van der Waals surface area contributed by atoms with Gasteiger partial charge < -0.3 is 9.47 Å². The number of carbonyl (C=O) groups is 2. The SMILES string of the molecule is COc1cccc2sc(NC(=O)C3Cc4ccccc4C(=O)O3)nc12. The summed E-state index contributed by atoms with van der Waals surface area (Å²) in [6.07, 6.45) is -0.515. The summed E-state index contributed by atoms with van der Waals surface area (Å²) >= 11 is 1.34. The molecule has 0 saturated heterocycles. The van der Waals surface area contributed by atoms with Crippen LogP contribution in [0.3, 0.4) is 0 Å². The fourth-order valence-corrected chi connectivity index (χ4v) is 3.69. The lowest BCUT2D eigenvalue weighted by atomic mass is 9.98. The van der Waals surface area contributed by atoms with Crippen molar-refractivity contribution in [3.63, 3.8) is 0 Å². The average molecular weight is 354 g/mol. The van der Waals surface area contributed by atoms with Gasteiger partial charge in [0.15, 0.2) is 11.2 Å². The van der Waals surface area contributed by atoms with Gasteiger partial charge in [0, 0.05) is 6.42 Å². The lowest BCUT2D eigenvalue weighted by molar-refractivity contribution is -0.125. The van der Waals surface area contributed by atoms with Gasteiger partial charge in [-0.3, -0.25) is 10.1 Å². The number of para-hydroxylation sites is 1. The molecule has 1 unspecified atom stereocenters. The maximum atomic E-state index is 12.5. The lowest BCUT2D eigenvalue weighted by Crippen LogP contribution is -2.37. The van der Waals surface area contributed by atoms with Gasteiger partial charge in [-0.1, -0.05) is 35.6 Å². The highest BCUT2D eigenvalue weighted by Crippen LogP contribution is 2.32. The van der Waals surface area contributed by atoms with E-state index in [0.717, 1.165) is 10.3 Å². The molecule has 0 bridgehead atoms. The van der Waals surface area contributed by atoms with Gasteiger partial charge in [0.25, 0.3) is 5.91 Å². The summed E-state index contributed by atoms with van der Waals surface area (Å²) in [5, 5.41) is 3.18. The van der Waals surface area contributed by atoms with Gasteiger partial charge in [0.1, 0.15) is 11.3 Å². The summed E-state index contributed by atoms with van der Waals surface area (Å²) in [7, 11) is 1.57. The number of thiazole rings is 1. The van der Waals surface area contributed by atoms with E-state index >= 15 is 0 Å². The second-order valence-corrected chi connectivity index (χ2v) is 6.60. The molecule has 3 aromatic rings. The molecular formula is C18H14N2O4S. The van der Waals surface area contributed by atoms with Gasteiger partial charge >= 0.3 is 5.97 Å². The van der Waals surface area contributed by atoms with Crippen LogP contribution < -0.4 is 10.1 Å². The maximum absolute atomic E-state index is 12.5. The monoisotopic (exact) mass is 354 g/mol. The number of hydrogen-bond donors (Lipinski definition) is 1. The van der Waals surface area contributed by atoms with E-state index in [1.807, 2.05) is 30.3 Å². The molecule has 0 fully saturated rings. The number of methoxy groups -OCH3 is 1. The van der Waals surface area contributed by atoms with Crippen molar-refractivity contribution in [2.45, 2.75) is 12.5 Å². The van der Waals surface area contributed by atoms with Crippen molar-refractivity contribution in [3.05, 3.63) is 53.6 Å². The van der Waals surface area contributed by atoms with Crippen molar-refractivity contribution in [1.29, 1.82) is 0 Å². The molecule has 7 heteroatoms. The molecule has 6 nitrogen and oxygen atoms in total. The average Bonchev–Trinajstić information content (AvgIpc) is 3.04. The topological polar surface area (TPSA) is 77.5 Å². The Labute approximate surface area is 147 Å². The molecule has 1 aliphatic rings. The van der Waals surface area contributed by atoms with E-state index in [0.29, 0.717) is 28.4 Å². The van der Waals surface area contributed by atoms with Crippen LogP contribution in [-0.2, 0) is 16.0 Å². The Kier molecular flexibility index (Phi) is 3.85. The molecule has 4 rings (SSSR count). The van der Waals surface area contributed by atoms with Gasteiger partial charge in [-0.15, -0.1) is 0 Å². The molecule has 1 aliphatic heterocycles. The van der Waals surface area contributed by atoms with Gasteiger partial charge in [0.2, 0.25) is 0 Å². The highest BCUT2D eigenvalue weighted by molar-refractivity contribution is 7.22. The second-order valence-electron chi connectivity index (χ2n) is 5.57. The van der Waals surface area contributed by atoms with Crippen LogP contribution in [0.2, 0.25) is 0 Å². The number of aromatic nitrogens is 1. The van der Waals surface area contributed by atoms with E-state index in [9.17, 15) is 9.59 Å². The zero-order chi connectivity index (χ0) is 17.4. The number of esters is 1. The summed E-state index contributed by atoms with van der Waals surface area (Å²) in [6.45, 7) is 0. The Balaban J connectivity index is 1.56. The first-order valence-electron chi connectivity index (χ1n) is 7.69. The fraction of sp³-hybridized carbons (Fsp3) is 0.167. The lowest BCUT2D eigenvalue weighted by Gasteiger charge is -2.23. The van der Waals surface area contributed by atoms with Crippen LogP contribution in [0, 0.1) is 0 Å². The third kappa shape index (κ3) is 2.83. The number of rotatable bonds is 3. The van der Waals surface area contributed by atoms with E-state index in [4.69, 9.17) is 9.47 Å². The number of cyclic esters (lactones) is 1. The molecule has 1 amide bonds. The first-order chi connectivity index (χ1) is 12.2. The number of anilines is 1. The van der Waals surface area contributed by atoms with Gasteiger partial charge in [-0.2, -0.15) is 0 Å². The predicted octanol–water partition coefficient (Wildman–Crippen LogP) is 3.03. The van der Waals surface area contributed by atoms with Crippen LogP contribution in [0.1, 0.15) is 15.9 Å². The summed E-state index contributed by atoms with van der Waals surface area (Å²) < 4.78 is 11.4. The third-order valence-corrected chi connectivity index (χ3v) is 4.95. The Morgan fingerprint density at radius 2 is 2.12 bits per heavy atom. The molecule has 0 radical (unpaired) electrons. The minimum Gasteiger partial charge on any atom is -0.494 e. The van der Waals surface area contributed by atoms with Crippen LogP contribution >= 0.6 is 11.3 Å². The highest BCUT2D eigenvalue weighted by atomic mass is 32.1. The van der Waals surface area contributed by atoms with Crippen LogP contribution in [0.15, 0.2) is 42.5 Å². The van der Waals surface area contributed by atoms with E-state index in [-0.39, 0.29) is 5.91 Å². The summed E-state index contributed by atoms with van der Waals surface area (Å²) in [5.41, 5.74) is 2.01. The van der Waals surface area contributed by atoms with Crippen LogP contribution in [0.25, 0.3) is 10.2 Å². The number of hydrogen-bond acceptors (Lipinski definition) is 6. The van der Waals surface area contributed by atoms with Crippen LogP contribution in [-0.4, -0.2) is 30.1 Å². The molecule has 0 spiro atoms. The summed E-state index contributed by atoms with van der Waals surface area (Å²) in [6, 6.07) is 12.7. The molecular weight excluding hydrogens is 340 g/mol. The van der Waals surface area contributed by atoms with Crippen molar-refractivity contribution >= 4 is 38.6 Å². The van der Waals surface area contributed by atoms with Gasteiger partial charge in [0.05, 0.1) is 17.4 Å². The van der Waals surface area contributed by atoms with Gasteiger partial charge in [-0.05, 0) is 23.8 Å². The van der Waals surface area contributed by atoms with Crippen molar-refractivity contribution < 1.29 is 19.1 Å². The van der Waals surface area contributed by atoms with E-state index in [1.54, 1.807) is 19.2 Å². The predicted molar refractivity (Wildman–Crippen MR) is 94.2 cm³/mol. The van der Waals surface area contributed by atoms with Crippen molar-refractivity contribution in [2.24, 2.45) is 0 Å². The zero-order valence-electron chi connectivity index (χ0n) is 13.3. The number of ether oxygens (including phenoxy) is 2. The van der Waals surface area contributed by atoms with Crippen molar-refractivity contribution in [2.75, 3.05) is 12.4 Å². The minimum atomic E-state index is -0.865. The normalized spacial score (nSPS) is 16.2. The summed E-state index contributed by atoms with van der Waals surface area (Å²) in [5.74, 6) is -0.221. The number of nitrogens with one attached hydrogen (secondary N) is 1. The molecule has 0 saturated carbocycles. The van der Waals surface area contributed by atoms with E-state index < -0.39 is 12.1 Å².